The molecule has 1 saturated heterocycles. The lowest BCUT2D eigenvalue weighted by atomic mass is 9.99. The number of aromatic nitrogens is 2. The van der Waals surface area contributed by atoms with Crippen molar-refractivity contribution in [3.63, 3.8) is 0 Å². The van der Waals surface area contributed by atoms with Gasteiger partial charge in [0.1, 0.15) is 11.6 Å². The Kier molecular flexibility index (Phi) is 5.08. The van der Waals surface area contributed by atoms with Gasteiger partial charge in [-0.3, -0.25) is 4.90 Å². The van der Waals surface area contributed by atoms with E-state index in [1.807, 2.05) is 18.3 Å². The number of ether oxygens (including phenoxy) is 2. The minimum absolute atomic E-state index is 0.490. The number of hydrogen-bond acceptors (Lipinski definition) is 4. The third-order valence-electron chi connectivity index (χ3n) is 4.01. The molecule has 3 rings (SSSR count). The number of nitrogens with zero attached hydrogens (tertiary/aromatic N) is 2. The molecule has 2 heterocycles. The zero-order chi connectivity index (χ0) is 15.2. The van der Waals surface area contributed by atoms with Crippen LogP contribution in [-0.2, 0) is 17.7 Å². The van der Waals surface area contributed by atoms with E-state index in [1.54, 1.807) is 13.3 Å². The van der Waals surface area contributed by atoms with E-state index < -0.39 is 0 Å². The second-order valence-electron chi connectivity index (χ2n) is 5.77. The van der Waals surface area contributed by atoms with E-state index in [0.29, 0.717) is 5.92 Å². The molecule has 1 unspecified atom stereocenters. The predicted molar refractivity (Wildman–Crippen MR) is 84.9 cm³/mol. The van der Waals surface area contributed by atoms with Gasteiger partial charge in [0.2, 0.25) is 0 Å². The molecule has 1 atom stereocenters. The minimum atomic E-state index is 0.490. The fourth-order valence-corrected chi connectivity index (χ4v) is 2.95. The summed E-state index contributed by atoms with van der Waals surface area (Å²) in [4.78, 5) is 9.91. The molecule has 22 heavy (non-hydrogen) atoms. The Hall–Kier alpha value is -1.85. The van der Waals surface area contributed by atoms with Crippen LogP contribution in [0.3, 0.4) is 0 Å². The van der Waals surface area contributed by atoms with Crippen LogP contribution in [0.5, 0.6) is 5.75 Å². The average Bonchev–Trinajstić information content (AvgIpc) is 2.94. The molecule has 0 bridgehead atoms. The van der Waals surface area contributed by atoms with Gasteiger partial charge in [-0.15, -0.1) is 0 Å². The lowest BCUT2D eigenvalue weighted by molar-refractivity contribution is 0.121. The number of benzene rings is 1. The van der Waals surface area contributed by atoms with E-state index in [2.05, 4.69) is 27.0 Å². The fourth-order valence-electron chi connectivity index (χ4n) is 2.95. The second-order valence-corrected chi connectivity index (χ2v) is 5.77. The molecule has 1 N–H and O–H groups in total. The van der Waals surface area contributed by atoms with Crippen molar-refractivity contribution in [2.24, 2.45) is 5.92 Å². The molecule has 0 amide bonds. The summed E-state index contributed by atoms with van der Waals surface area (Å²) in [6.07, 6.45) is 4.68. The SMILES string of the molecule is COc1cccc(CC2COCCN(Cc3ncc[nH]3)C2)c1. The minimum Gasteiger partial charge on any atom is -0.497 e. The lowest BCUT2D eigenvalue weighted by Gasteiger charge is -2.22. The summed E-state index contributed by atoms with van der Waals surface area (Å²) < 4.78 is 11.1. The number of methoxy groups -OCH3 is 1. The van der Waals surface area contributed by atoms with Crippen LogP contribution in [0.2, 0.25) is 0 Å². The smallest absolute Gasteiger partial charge is 0.120 e. The molecule has 0 aliphatic carbocycles. The van der Waals surface area contributed by atoms with Crippen LogP contribution in [-0.4, -0.2) is 48.3 Å². The Balaban J connectivity index is 1.62. The zero-order valence-electron chi connectivity index (χ0n) is 13.0. The van der Waals surface area contributed by atoms with E-state index in [-0.39, 0.29) is 0 Å². The molecule has 5 nitrogen and oxygen atoms in total. The maximum absolute atomic E-state index is 5.78. The van der Waals surface area contributed by atoms with Gasteiger partial charge in [-0.1, -0.05) is 12.1 Å². The quantitative estimate of drug-likeness (QED) is 0.919. The van der Waals surface area contributed by atoms with Crippen LogP contribution < -0.4 is 4.74 Å². The standard InChI is InChI=1S/C17H23N3O2/c1-21-16-4-2-3-14(10-16)9-15-11-20(7-8-22-13-15)12-17-18-5-6-19-17/h2-6,10,15H,7-9,11-13H2,1H3,(H,18,19). The maximum atomic E-state index is 5.78. The molecule has 1 aliphatic rings. The molecule has 2 aromatic rings. The third kappa shape index (κ3) is 4.08. The summed E-state index contributed by atoms with van der Waals surface area (Å²) in [5.41, 5.74) is 1.30. The van der Waals surface area contributed by atoms with Crippen LogP contribution in [0.25, 0.3) is 0 Å². The van der Waals surface area contributed by atoms with Crippen LogP contribution in [0, 0.1) is 5.92 Å². The molecule has 1 aromatic carbocycles. The number of hydrogen-bond donors (Lipinski definition) is 1. The van der Waals surface area contributed by atoms with Crippen LogP contribution in [0.4, 0.5) is 0 Å². The van der Waals surface area contributed by atoms with E-state index >= 15 is 0 Å². The van der Waals surface area contributed by atoms with E-state index in [9.17, 15) is 0 Å². The van der Waals surface area contributed by atoms with Gasteiger partial charge in [-0.2, -0.15) is 0 Å². The normalized spacial score (nSPS) is 19.8. The van der Waals surface area contributed by atoms with Gasteiger partial charge < -0.3 is 14.5 Å². The number of imidazole rings is 1. The predicted octanol–water partition coefficient (Wildman–Crippen LogP) is 2.11. The Morgan fingerprint density at radius 3 is 3.23 bits per heavy atom. The highest BCUT2D eigenvalue weighted by Gasteiger charge is 2.20. The van der Waals surface area contributed by atoms with Gasteiger partial charge >= 0.3 is 0 Å². The monoisotopic (exact) mass is 301 g/mol. The molecule has 0 radical (unpaired) electrons. The summed E-state index contributed by atoms with van der Waals surface area (Å²) >= 11 is 0. The largest absolute Gasteiger partial charge is 0.497 e. The van der Waals surface area contributed by atoms with E-state index in [0.717, 1.165) is 50.8 Å². The molecule has 0 spiro atoms. The highest BCUT2D eigenvalue weighted by atomic mass is 16.5. The maximum Gasteiger partial charge on any atom is 0.120 e. The topological polar surface area (TPSA) is 50.4 Å². The Labute approximate surface area is 131 Å². The van der Waals surface area contributed by atoms with Crippen molar-refractivity contribution in [2.75, 3.05) is 33.4 Å². The van der Waals surface area contributed by atoms with Crippen LogP contribution in [0.15, 0.2) is 36.7 Å². The molecular weight excluding hydrogens is 278 g/mol. The molecule has 1 aromatic heterocycles. The van der Waals surface area contributed by atoms with E-state index in [4.69, 9.17) is 9.47 Å². The Morgan fingerprint density at radius 1 is 1.45 bits per heavy atom. The van der Waals surface area contributed by atoms with Gasteiger partial charge in [0.05, 0.1) is 26.9 Å². The number of nitrogens with one attached hydrogen (secondary N) is 1. The van der Waals surface area contributed by atoms with Crippen molar-refractivity contribution in [3.8, 4) is 5.75 Å². The van der Waals surface area contributed by atoms with Crippen molar-refractivity contribution in [1.29, 1.82) is 0 Å². The van der Waals surface area contributed by atoms with E-state index in [1.165, 1.54) is 5.56 Å². The van der Waals surface area contributed by atoms with Crippen LogP contribution in [0.1, 0.15) is 11.4 Å². The molecule has 118 valence electrons. The molecule has 1 aliphatic heterocycles. The van der Waals surface area contributed by atoms with Crippen molar-refractivity contribution >= 4 is 0 Å². The number of aromatic amines is 1. The fraction of sp³-hybridized carbons (Fsp3) is 0.471. The lowest BCUT2D eigenvalue weighted by Crippen LogP contribution is -2.30. The van der Waals surface area contributed by atoms with Gasteiger partial charge in [-0.25, -0.2) is 4.98 Å². The first-order valence-corrected chi connectivity index (χ1v) is 7.75. The first-order chi connectivity index (χ1) is 10.8. The summed E-state index contributed by atoms with van der Waals surface area (Å²) in [5.74, 6) is 2.42. The highest BCUT2D eigenvalue weighted by molar-refractivity contribution is 5.28. The summed E-state index contributed by atoms with van der Waals surface area (Å²) in [6, 6.07) is 8.30. The first kappa shape index (κ1) is 15.1. The molecular formula is C17H23N3O2. The van der Waals surface area contributed by atoms with Crippen molar-refractivity contribution in [1.82, 2.24) is 14.9 Å². The summed E-state index contributed by atoms with van der Waals surface area (Å²) in [6.45, 7) is 4.43. The van der Waals surface area contributed by atoms with Gasteiger partial charge in [0, 0.05) is 25.5 Å². The highest BCUT2D eigenvalue weighted by Crippen LogP contribution is 2.18. The zero-order valence-corrected chi connectivity index (χ0v) is 13.0. The summed E-state index contributed by atoms with van der Waals surface area (Å²) in [7, 11) is 1.71. The molecule has 0 saturated carbocycles. The molecule has 1 fully saturated rings. The Bertz CT molecular complexity index is 571. The average molecular weight is 301 g/mol. The van der Waals surface area contributed by atoms with Gasteiger partial charge in [0.25, 0.3) is 0 Å². The van der Waals surface area contributed by atoms with Gasteiger partial charge in [0.15, 0.2) is 0 Å². The summed E-state index contributed by atoms with van der Waals surface area (Å²) in [5, 5.41) is 0. The van der Waals surface area contributed by atoms with Crippen LogP contribution >= 0.6 is 0 Å². The number of rotatable bonds is 5. The van der Waals surface area contributed by atoms with Crippen molar-refractivity contribution in [2.45, 2.75) is 13.0 Å². The molecule has 5 heteroatoms. The first-order valence-electron chi connectivity index (χ1n) is 7.75. The van der Waals surface area contributed by atoms with Crippen molar-refractivity contribution in [3.05, 3.63) is 48.0 Å². The second kappa shape index (κ2) is 7.42. The van der Waals surface area contributed by atoms with Gasteiger partial charge in [-0.05, 0) is 30.0 Å². The Morgan fingerprint density at radius 2 is 2.41 bits per heavy atom. The van der Waals surface area contributed by atoms with Crippen molar-refractivity contribution < 1.29 is 9.47 Å². The number of H-pyrrole nitrogens is 1. The third-order valence-corrected chi connectivity index (χ3v) is 4.01.